The number of thiazole rings is 1. The molecule has 0 radical (unpaired) electrons. The van der Waals surface area contributed by atoms with E-state index in [9.17, 15) is 8.42 Å². The summed E-state index contributed by atoms with van der Waals surface area (Å²) < 4.78 is 22.0. The van der Waals surface area contributed by atoms with Crippen LogP contribution in [0.1, 0.15) is 16.3 Å². The molecule has 0 atom stereocenters. The summed E-state index contributed by atoms with van der Waals surface area (Å²) >= 11 is 1.64. The van der Waals surface area contributed by atoms with E-state index in [1.165, 1.54) is 11.1 Å². The molecule has 0 spiro atoms. The van der Waals surface area contributed by atoms with Crippen LogP contribution in [0.25, 0.3) is 0 Å². The first-order valence-corrected chi connectivity index (χ1v) is 8.82. The van der Waals surface area contributed by atoms with Gasteiger partial charge in [-0.15, -0.1) is 11.3 Å². The van der Waals surface area contributed by atoms with Crippen molar-refractivity contribution in [1.29, 1.82) is 0 Å². The van der Waals surface area contributed by atoms with Crippen LogP contribution in [0, 0.1) is 6.92 Å². The van der Waals surface area contributed by atoms with E-state index in [1.807, 2.05) is 13.1 Å². The molecule has 1 aromatic rings. The molecule has 0 fully saturated rings. The van der Waals surface area contributed by atoms with Gasteiger partial charge in [0.25, 0.3) is 0 Å². The Morgan fingerprint density at radius 3 is 2.74 bits per heavy atom. The topological polar surface area (TPSA) is 83.5 Å². The maximum absolute atomic E-state index is 11.0. The summed E-state index contributed by atoms with van der Waals surface area (Å²) in [6.07, 6.45) is 3.64. The van der Waals surface area contributed by atoms with Crippen molar-refractivity contribution < 1.29 is 8.42 Å². The highest BCUT2D eigenvalue weighted by atomic mass is 32.2. The van der Waals surface area contributed by atoms with Crippen LogP contribution in [-0.4, -0.2) is 45.0 Å². The Balaban J connectivity index is 2.27. The molecule has 1 aromatic heterocycles. The maximum Gasteiger partial charge on any atom is 0.191 e. The summed E-state index contributed by atoms with van der Waals surface area (Å²) in [6, 6.07) is 0. The molecular weight excluding hydrogens is 284 g/mol. The molecule has 0 unspecified atom stereocenters. The lowest BCUT2D eigenvalue weighted by Crippen LogP contribution is -2.37. The Kier molecular flexibility index (Phi) is 6.23. The first-order valence-electron chi connectivity index (χ1n) is 5.94. The minimum atomic E-state index is -2.89. The van der Waals surface area contributed by atoms with Gasteiger partial charge in [0, 0.05) is 30.9 Å². The summed E-state index contributed by atoms with van der Waals surface area (Å²) in [7, 11) is -1.21. The minimum absolute atomic E-state index is 0.183. The fourth-order valence-corrected chi connectivity index (χ4v) is 2.80. The average molecular weight is 304 g/mol. The number of guanidine groups is 1. The van der Waals surface area contributed by atoms with Gasteiger partial charge < -0.3 is 10.6 Å². The molecule has 1 rings (SSSR count). The van der Waals surface area contributed by atoms with Crippen LogP contribution in [-0.2, 0) is 16.4 Å². The van der Waals surface area contributed by atoms with Crippen LogP contribution in [0.2, 0.25) is 0 Å². The number of aromatic nitrogens is 1. The summed E-state index contributed by atoms with van der Waals surface area (Å²) in [5.74, 6) is 0.837. The number of nitrogens with one attached hydrogen (secondary N) is 2. The molecule has 0 bridgehead atoms. The number of aliphatic imine (C=N–C) groups is 1. The van der Waals surface area contributed by atoms with Gasteiger partial charge in [0.05, 0.1) is 12.3 Å². The summed E-state index contributed by atoms with van der Waals surface area (Å²) in [6.45, 7) is 3.20. The molecule has 0 aliphatic rings. The smallest absolute Gasteiger partial charge is 0.191 e. The largest absolute Gasteiger partial charge is 0.356 e. The van der Waals surface area contributed by atoms with Crippen molar-refractivity contribution in [3.8, 4) is 0 Å². The van der Waals surface area contributed by atoms with E-state index in [2.05, 4.69) is 20.6 Å². The normalized spacial score (nSPS) is 12.5. The Morgan fingerprint density at radius 2 is 2.21 bits per heavy atom. The molecule has 8 heteroatoms. The van der Waals surface area contributed by atoms with Crippen LogP contribution in [0.15, 0.2) is 11.2 Å². The van der Waals surface area contributed by atoms with Gasteiger partial charge in [-0.05, 0) is 13.3 Å². The third kappa shape index (κ3) is 7.12. The highest BCUT2D eigenvalue weighted by Gasteiger charge is 2.03. The van der Waals surface area contributed by atoms with Gasteiger partial charge in [0.2, 0.25) is 0 Å². The zero-order chi connectivity index (χ0) is 14.3. The van der Waals surface area contributed by atoms with Gasteiger partial charge in [-0.25, -0.2) is 13.4 Å². The highest BCUT2D eigenvalue weighted by Crippen LogP contribution is 2.10. The average Bonchev–Trinajstić information content (AvgIpc) is 2.73. The predicted molar refractivity (Wildman–Crippen MR) is 79.4 cm³/mol. The van der Waals surface area contributed by atoms with Crippen LogP contribution < -0.4 is 10.6 Å². The molecular formula is C11H20N4O2S2. The monoisotopic (exact) mass is 304 g/mol. The number of rotatable bonds is 6. The van der Waals surface area contributed by atoms with Crippen LogP contribution in [0.4, 0.5) is 0 Å². The van der Waals surface area contributed by atoms with Crippen molar-refractivity contribution in [2.75, 3.05) is 25.6 Å². The fourth-order valence-electron chi connectivity index (χ4n) is 1.40. The number of aryl methyl sites for hydroxylation is 1. The Morgan fingerprint density at radius 1 is 1.47 bits per heavy atom. The second kappa shape index (κ2) is 7.44. The molecule has 0 saturated carbocycles. The van der Waals surface area contributed by atoms with Gasteiger partial charge in [0.15, 0.2) is 5.96 Å². The number of sulfone groups is 1. The summed E-state index contributed by atoms with van der Waals surface area (Å²) in [5, 5.41) is 7.20. The molecule has 0 saturated heterocycles. The first kappa shape index (κ1) is 15.9. The van der Waals surface area contributed by atoms with Crippen LogP contribution in [0.5, 0.6) is 0 Å². The zero-order valence-corrected chi connectivity index (χ0v) is 13.1. The summed E-state index contributed by atoms with van der Waals surface area (Å²) in [5.41, 5.74) is 0. The number of hydrogen-bond donors (Lipinski definition) is 2. The Bertz CT molecular complexity index is 523. The fraction of sp³-hybridized carbons (Fsp3) is 0.636. The van der Waals surface area contributed by atoms with Crippen LogP contribution >= 0.6 is 11.3 Å². The van der Waals surface area contributed by atoms with Crippen molar-refractivity contribution in [3.05, 3.63) is 16.1 Å². The van der Waals surface area contributed by atoms with Gasteiger partial charge in [0.1, 0.15) is 14.8 Å². The standard InChI is InChI=1S/C11H20N4O2S2/c1-9-7-14-10(18-9)8-15-11(12-2)13-5-4-6-19(3,16)17/h7H,4-6,8H2,1-3H3,(H2,12,13,15). The minimum Gasteiger partial charge on any atom is -0.356 e. The second-order valence-electron chi connectivity index (χ2n) is 4.20. The molecule has 108 valence electrons. The maximum atomic E-state index is 11.0. The molecule has 0 amide bonds. The first-order chi connectivity index (χ1) is 8.90. The Labute approximate surface area is 118 Å². The molecule has 2 N–H and O–H groups in total. The molecule has 0 aliphatic carbocycles. The van der Waals surface area contributed by atoms with Crippen LogP contribution in [0.3, 0.4) is 0 Å². The number of nitrogens with zero attached hydrogens (tertiary/aromatic N) is 2. The van der Waals surface area contributed by atoms with E-state index in [0.717, 1.165) is 5.01 Å². The Hall–Kier alpha value is -1.15. The zero-order valence-electron chi connectivity index (χ0n) is 11.4. The van der Waals surface area contributed by atoms with E-state index < -0.39 is 9.84 Å². The van der Waals surface area contributed by atoms with E-state index in [-0.39, 0.29) is 5.75 Å². The van der Waals surface area contributed by atoms with E-state index in [4.69, 9.17) is 0 Å². The molecule has 0 aromatic carbocycles. The quantitative estimate of drug-likeness (QED) is 0.455. The van der Waals surface area contributed by atoms with Gasteiger partial charge >= 0.3 is 0 Å². The van der Waals surface area contributed by atoms with Gasteiger partial charge in [-0.3, -0.25) is 4.99 Å². The predicted octanol–water partition coefficient (Wildman–Crippen LogP) is 0.551. The SMILES string of the molecule is CN=C(NCCCS(C)(=O)=O)NCc1ncc(C)s1. The van der Waals surface area contributed by atoms with E-state index >= 15 is 0 Å². The van der Waals surface area contributed by atoms with Crippen molar-refractivity contribution >= 4 is 27.1 Å². The molecule has 6 nitrogen and oxygen atoms in total. The molecule has 0 aliphatic heterocycles. The van der Waals surface area contributed by atoms with Crippen molar-refractivity contribution in [2.24, 2.45) is 4.99 Å². The third-order valence-electron chi connectivity index (χ3n) is 2.28. The van der Waals surface area contributed by atoms with Crippen molar-refractivity contribution in [1.82, 2.24) is 15.6 Å². The lowest BCUT2D eigenvalue weighted by Gasteiger charge is -2.10. The highest BCUT2D eigenvalue weighted by molar-refractivity contribution is 7.90. The second-order valence-corrected chi connectivity index (χ2v) is 7.78. The summed E-state index contributed by atoms with van der Waals surface area (Å²) in [4.78, 5) is 9.48. The van der Waals surface area contributed by atoms with Crippen molar-refractivity contribution in [3.63, 3.8) is 0 Å². The molecule has 1 heterocycles. The van der Waals surface area contributed by atoms with Crippen molar-refractivity contribution in [2.45, 2.75) is 19.9 Å². The third-order valence-corrected chi connectivity index (χ3v) is 4.23. The van der Waals surface area contributed by atoms with Gasteiger partial charge in [-0.1, -0.05) is 0 Å². The van der Waals surface area contributed by atoms with E-state index in [1.54, 1.807) is 18.4 Å². The van der Waals surface area contributed by atoms with E-state index in [0.29, 0.717) is 25.5 Å². The number of hydrogen-bond acceptors (Lipinski definition) is 5. The lowest BCUT2D eigenvalue weighted by atomic mass is 10.5. The lowest BCUT2D eigenvalue weighted by molar-refractivity contribution is 0.598. The molecule has 19 heavy (non-hydrogen) atoms. The van der Waals surface area contributed by atoms with Gasteiger partial charge in [-0.2, -0.15) is 0 Å².